The molecule has 1 fully saturated rings. The predicted octanol–water partition coefficient (Wildman–Crippen LogP) is 3.79. The Balaban J connectivity index is 1.82. The first-order valence-electron chi connectivity index (χ1n) is 7.59. The molecular weight excluding hydrogens is 317 g/mol. The number of hydrogen-bond acceptors (Lipinski definition) is 4. The van der Waals surface area contributed by atoms with Gasteiger partial charge in [-0.3, -0.25) is 4.90 Å². The normalized spacial score (nSPS) is 18.6. The maximum absolute atomic E-state index is 13.3. The summed E-state index contributed by atoms with van der Waals surface area (Å²) in [5.74, 6) is -0.267. The quantitative estimate of drug-likeness (QED) is 0.906. The van der Waals surface area contributed by atoms with Crippen LogP contribution in [0.2, 0.25) is 0 Å². The van der Waals surface area contributed by atoms with E-state index in [1.807, 2.05) is 20.8 Å². The van der Waals surface area contributed by atoms with Gasteiger partial charge >= 0.3 is 6.09 Å². The molecule has 0 spiro atoms. The summed E-state index contributed by atoms with van der Waals surface area (Å²) in [7, 11) is 0. The van der Waals surface area contributed by atoms with Crippen molar-refractivity contribution >= 4 is 32.8 Å². The smallest absolute Gasteiger partial charge is 0.408 e. The topological polar surface area (TPSA) is 56.7 Å². The van der Waals surface area contributed by atoms with E-state index >= 15 is 0 Å². The monoisotopic (exact) mass is 337 g/mol. The number of aromatic nitrogens is 1. The average Bonchev–Trinajstić information content (AvgIpc) is 3.02. The third-order valence-electron chi connectivity index (χ3n) is 4.07. The Kier molecular flexibility index (Phi) is 3.91. The Hall–Kier alpha value is -1.89. The van der Waals surface area contributed by atoms with E-state index in [-0.39, 0.29) is 11.9 Å². The second kappa shape index (κ2) is 5.63. The van der Waals surface area contributed by atoms with E-state index in [0.29, 0.717) is 6.54 Å². The number of halogens is 1. The first-order chi connectivity index (χ1) is 10.8. The fraction of sp³-hybridized carbons (Fsp3) is 0.500. The van der Waals surface area contributed by atoms with Crippen LogP contribution in [-0.4, -0.2) is 45.8 Å². The summed E-state index contributed by atoms with van der Waals surface area (Å²) in [5, 5.41) is 10.3. The third kappa shape index (κ3) is 3.10. The van der Waals surface area contributed by atoms with E-state index in [9.17, 15) is 14.3 Å². The van der Waals surface area contributed by atoms with Gasteiger partial charge in [0.1, 0.15) is 5.82 Å². The van der Waals surface area contributed by atoms with Gasteiger partial charge < -0.3 is 10.0 Å². The summed E-state index contributed by atoms with van der Waals surface area (Å²) in [5.41, 5.74) is 0.337. The molecule has 0 saturated carbocycles. The summed E-state index contributed by atoms with van der Waals surface area (Å²) < 4.78 is 14.1. The largest absolute Gasteiger partial charge is 0.465 e. The maximum atomic E-state index is 13.3. The van der Waals surface area contributed by atoms with E-state index in [2.05, 4.69) is 9.88 Å². The maximum Gasteiger partial charge on any atom is 0.408 e. The van der Waals surface area contributed by atoms with Crippen molar-refractivity contribution < 1.29 is 14.3 Å². The Labute approximate surface area is 138 Å². The number of nitrogens with zero attached hydrogens (tertiary/aromatic N) is 3. The van der Waals surface area contributed by atoms with Gasteiger partial charge in [0.05, 0.1) is 16.3 Å². The van der Waals surface area contributed by atoms with Gasteiger partial charge in [-0.1, -0.05) is 11.3 Å². The first-order valence-corrected chi connectivity index (χ1v) is 8.40. The van der Waals surface area contributed by atoms with Gasteiger partial charge in [0, 0.05) is 18.6 Å². The number of amides is 1. The third-order valence-corrected chi connectivity index (χ3v) is 5.15. The highest BCUT2D eigenvalue weighted by Gasteiger charge is 2.37. The molecule has 1 aromatic carbocycles. The zero-order chi connectivity index (χ0) is 16.8. The molecule has 0 bridgehead atoms. The van der Waals surface area contributed by atoms with Gasteiger partial charge in [0.25, 0.3) is 0 Å². The fourth-order valence-corrected chi connectivity index (χ4v) is 4.16. The molecule has 0 radical (unpaired) electrons. The van der Waals surface area contributed by atoms with Crippen molar-refractivity contribution in [1.82, 2.24) is 9.88 Å². The number of carbonyl (C=O) groups is 1. The molecule has 1 aliphatic rings. The van der Waals surface area contributed by atoms with Gasteiger partial charge in [-0.05, 0) is 45.4 Å². The lowest BCUT2D eigenvalue weighted by Gasteiger charge is -2.37. The molecule has 0 unspecified atom stereocenters. The minimum absolute atomic E-state index is 0.0590. The van der Waals surface area contributed by atoms with Gasteiger partial charge in [-0.15, -0.1) is 0 Å². The van der Waals surface area contributed by atoms with Crippen LogP contribution in [-0.2, 0) is 0 Å². The minimum atomic E-state index is -0.893. The van der Waals surface area contributed by atoms with Gasteiger partial charge in [0.2, 0.25) is 0 Å². The molecule has 124 valence electrons. The summed E-state index contributed by atoms with van der Waals surface area (Å²) in [6.07, 6.45) is -0.121. The van der Waals surface area contributed by atoms with Crippen LogP contribution in [0.25, 0.3) is 10.2 Å². The van der Waals surface area contributed by atoms with Crippen molar-refractivity contribution in [2.45, 2.75) is 38.8 Å². The summed E-state index contributed by atoms with van der Waals surface area (Å²) >= 11 is 1.45. The lowest BCUT2D eigenvalue weighted by molar-refractivity contribution is 0.0763. The summed E-state index contributed by atoms with van der Waals surface area (Å²) in [4.78, 5) is 19.8. The van der Waals surface area contributed by atoms with Crippen LogP contribution >= 0.6 is 11.3 Å². The van der Waals surface area contributed by atoms with Crippen LogP contribution in [0.4, 0.5) is 14.3 Å². The van der Waals surface area contributed by atoms with E-state index in [1.54, 1.807) is 6.07 Å². The number of rotatable bonds is 2. The van der Waals surface area contributed by atoms with E-state index in [1.165, 1.54) is 28.4 Å². The van der Waals surface area contributed by atoms with Crippen molar-refractivity contribution in [1.29, 1.82) is 0 Å². The number of thiazole rings is 1. The van der Waals surface area contributed by atoms with Crippen LogP contribution in [0.15, 0.2) is 18.2 Å². The predicted molar refractivity (Wildman–Crippen MR) is 89.8 cm³/mol. The van der Waals surface area contributed by atoms with E-state index < -0.39 is 11.6 Å². The highest BCUT2D eigenvalue weighted by atomic mass is 32.1. The molecule has 2 heterocycles. The van der Waals surface area contributed by atoms with Crippen molar-refractivity contribution in [3.63, 3.8) is 0 Å². The standard InChI is InChI=1S/C16H20FN3O2S/c1-16(2,3)20(15(21)22)11-6-7-19(9-11)14-18-12-5-4-10(17)8-13(12)23-14/h4-5,8,11H,6-7,9H2,1-3H3,(H,21,22)/t11-/m1/s1. The molecule has 1 saturated heterocycles. The van der Waals surface area contributed by atoms with Crippen LogP contribution < -0.4 is 4.90 Å². The highest BCUT2D eigenvalue weighted by Crippen LogP contribution is 2.33. The second-order valence-corrected chi connectivity index (χ2v) is 7.83. The Morgan fingerprint density at radius 3 is 2.87 bits per heavy atom. The molecule has 3 rings (SSSR count). The molecule has 1 aliphatic heterocycles. The van der Waals surface area contributed by atoms with Crippen LogP contribution in [0.1, 0.15) is 27.2 Å². The summed E-state index contributed by atoms with van der Waals surface area (Å²) in [6, 6.07) is 4.51. The van der Waals surface area contributed by atoms with Gasteiger partial charge in [0.15, 0.2) is 5.13 Å². The molecular formula is C16H20FN3O2S. The molecule has 1 amide bonds. The Bertz CT molecular complexity index is 740. The number of anilines is 1. The van der Waals surface area contributed by atoms with Crippen molar-refractivity contribution in [3.05, 3.63) is 24.0 Å². The van der Waals surface area contributed by atoms with Crippen molar-refractivity contribution in [2.24, 2.45) is 0 Å². The number of benzene rings is 1. The van der Waals surface area contributed by atoms with Crippen molar-refractivity contribution in [3.8, 4) is 0 Å². The number of hydrogen-bond donors (Lipinski definition) is 1. The van der Waals surface area contributed by atoms with Gasteiger partial charge in [-0.25, -0.2) is 14.2 Å². The van der Waals surface area contributed by atoms with E-state index in [4.69, 9.17) is 0 Å². The molecule has 0 aliphatic carbocycles. The minimum Gasteiger partial charge on any atom is -0.465 e. The molecule has 23 heavy (non-hydrogen) atoms. The lowest BCUT2D eigenvalue weighted by atomic mass is 10.0. The zero-order valence-electron chi connectivity index (χ0n) is 13.4. The Morgan fingerprint density at radius 1 is 1.48 bits per heavy atom. The molecule has 1 N–H and O–H groups in total. The van der Waals surface area contributed by atoms with E-state index in [0.717, 1.165) is 28.3 Å². The van der Waals surface area contributed by atoms with Crippen LogP contribution in [0, 0.1) is 5.82 Å². The Morgan fingerprint density at radius 2 is 2.22 bits per heavy atom. The molecule has 2 aromatic rings. The number of fused-ring (bicyclic) bond motifs is 1. The number of carboxylic acid groups (broad SMARTS) is 1. The van der Waals surface area contributed by atoms with Crippen LogP contribution in [0.3, 0.4) is 0 Å². The molecule has 5 nitrogen and oxygen atoms in total. The molecule has 1 atom stereocenters. The second-order valence-electron chi connectivity index (χ2n) is 6.82. The van der Waals surface area contributed by atoms with Crippen LogP contribution in [0.5, 0.6) is 0 Å². The molecule has 7 heteroatoms. The zero-order valence-corrected chi connectivity index (χ0v) is 14.2. The first kappa shape index (κ1) is 16.0. The summed E-state index contributed by atoms with van der Waals surface area (Å²) in [6.45, 7) is 7.09. The molecule has 1 aromatic heterocycles. The SMILES string of the molecule is CC(C)(C)N(C(=O)O)[C@@H]1CCN(c2nc3ccc(F)cc3s2)C1. The van der Waals surface area contributed by atoms with Crippen molar-refractivity contribution in [2.75, 3.05) is 18.0 Å². The average molecular weight is 337 g/mol. The highest BCUT2D eigenvalue weighted by molar-refractivity contribution is 7.22. The fourth-order valence-electron chi connectivity index (χ4n) is 3.14. The lowest BCUT2D eigenvalue weighted by Crippen LogP contribution is -2.52. The van der Waals surface area contributed by atoms with Gasteiger partial charge in [-0.2, -0.15) is 0 Å².